The minimum absolute atomic E-state index is 0.0628. The van der Waals surface area contributed by atoms with Crippen molar-refractivity contribution in [3.8, 4) is 0 Å². The van der Waals surface area contributed by atoms with Crippen LogP contribution in [0, 0.1) is 0 Å². The Bertz CT molecular complexity index is 906. The number of nitrogens with zero attached hydrogens (tertiary/aromatic N) is 2. The van der Waals surface area contributed by atoms with E-state index < -0.39 is 0 Å². The van der Waals surface area contributed by atoms with E-state index in [0.717, 1.165) is 50.1 Å². The van der Waals surface area contributed by atoms with E-state index in [0.29, 0.717) is 19.5 Å². The fraction of sp³-hybridized carbons (Fsp3) is 0.417. The molecule has 1 saturated heterocycles. The maximum Gasteiger partial charge on any atom is 0.225 e. The second kappa shape index (κ2) is 10.3. The fourth-order valence-corrected chi connectivity index (χ4v) is 4.05. The summed E-state index contributed by atoms with van der Waals surface area (Å²) in [4.78, 5) is 19.2. The first-order valence-corrected chi connectivity index (χ1v) is 11.1. The van der Waals surface area contributed by atoms with Gasteiger partial charge in [0.25, 0.3) is 0 Å². The lowest BCUT2D eigenvalue weighted by molar-refractivity contribution is -0.116. The highest BCUT2D eigenvalue weighted by Crippen LogP contribution is 2.31. The van der Waals surface area contributed by atoms with Crippen LogP contribution in [0.5, 0.6) is 0 Å². The van der Waals surface area contributed by atoms with E-state index in [2.05, 4.69) is 58.1 Å². The summed E-state index contributed by atoms with van der Waals surface area (Å²) in [5.41, 5.74) is 4.48. The van der Waals surface area contributed by atoms with Crippen molar-refractivity contribution in [2.45, 2.75) is 25.8 Å². The predicted molar refractivity (Wildman–Crippen MR) is 125 cm³/mol. The molecule has 7 nitrogen and oxygen atoms in total. The number of carbonyl (C=O) groups excluding carboxylic acids is 1. The molecule has 0 aliphatic carbocycles. The molecule has 164 valence electrons. The van der Waals surface area contributed by atoms with Gasteiger partial charge in [0.2, 0.25) is 5.91 Å². The Balaban J connectivity index is 1.37. The van der Waals surface area contributed by atoms with Crippen molar-refractivity contribution in [3.05, 3.63) is 59.7 Å². The third-order valence-electron chi connectivity index (χ3n) is 5.70. The molecule has 1 unspecified atom stereocenters. The number of ether oxygens (including phenoxy) is 1. The van der Waals surface area contributed by atoms with Gasteiger partial charge < -0.3 is 25.6 Å². The number of nitrogens with one attached hydrogen (secondary N) is 3. The summed E-state index contributed by atoms with van der Waals surface area (Å²) in [5, 5.41) is 9.68. The predicted octanol–water partition coefficient (Wildman–Crippen LogP) is 2.70. The average Bonchev–Trinajstić information content (AvgIpc) is 2.81. The lowest BCUT2D eigenvalue weighted by atomic mass is 9.90. The van der Waals surface area contributed by atoms with Crippen molar-refractivity contribution in [2.75, 3.05) is 49.6 Å². The molecule has 7 heteroatoms. The minimum atomic E-state index is 0.0628. The van der Waals surface area contributed by atoms with E-state index in [1.54, 1.807) is 0 Å². The van der Waals surface area contributed by atoms with Gasteiger partial charge >= 0.3 is 0 Å². The number of benzene rings is 2. The van der Waals surface area contributed by atoms with Gasteiger partial charge in [-0.2, -0.15) is 0 Å². The Hall–Kier alpha value is -3.06. The molecule has 4 rings (SSSR count). The monoisotopic (exact) mass is 421 g/mol. The SMILES string of the molecule is CCNC(=NCc1ccc(N2CCOCC2)cc1)NCC1CC(=O)Nc2ccccc21. The van der Waals surface area contributed by atoms with E-state index >= 15 is 0 Å². The van der Waals surface area contributed by atoms with Gasteiger partial charge in [0.15, 0.2) is 5.96 Å². The largest absolute Gasteiger partial charge is 0.378 e. The first kappa shape index (κ1) is 21.2. The van der Waals surface area contributed by atoms with Crippen LogP contribution in [-0.2, 0) is 16.1 Å². The fourth-order valence-electron chi connectivity index (χ4n) is 4.05. The molecule has 1 atom stereocenters. The van der Waals surface area contributed by atoms with Gasteiger partial charge in [0, 0.05) is 49.9 Å². The van der Waals surface area contributed by atoms with Crippen LogP contribution in [0.1, 0.15) is 30.4 Å². The molecule has 2 heterocycles. The smallest absolute Gasteiger partial charge is 0.225 e. The highest BCUT2D eigenvalue weighted by Gasteiger charge is 2.24. The minimum Gasteiger partial charge on any atom is -0.378 e. The van der Waals surface area contributed by atoms with Crippen LogP contribution in [0.15, 0.2) is 53.5 Å². The molecule has 3 N–H and O–H groups in total. The number of fused-ring (bicyclic) bond motifs is 1. The molecule has 31 heavy (non-hydrogen) atoms. The Labute approximate surface area is 183 Å². The molecular weight excluding hydrogens is 390 g/mol. The zero-order chi connectivity index (χ0) is 21.5. The maximum atomic E-state index is 12.1. The maximum absolute atomic E-state index is 12.1. The number of guanidine groups is 1. The van der Waals surface area contributed by atoms with Crippen LogP contribution in [-0.4, -0.2) is 51.3 Å². The second-order valence-electron chi connectivity index (χ2n) is 7.88. The van der Waals surface area contributed by atoms with Crippen molar-refractivity contribution in [1.82, 2.24) is 10.6 Å². The molecule has 0 spiro atoms. The summed E-state index contributed by atoms with van der Waals surface area (Å²) < 4.78 is 5.43. The Kier molecular flexibility index (Phi) is 7.04. The third-order valence-corrected chi connectivity index (χ3v) is 5.70. The number of hydrogen-bond acceptors (Lipinski definition) is 4. The van der Waals surface area contributed by atoms with E-state index in [9.17, 15) is 4.79 Å². The van der Waals surface area contributed by atoms with Crippen molar-refractivity contribution >= 4 is 23.2 Å². The summed E-state index contributed by atoms with van der Waals surface area (Å²) >= 11 is 0. The quantitative estimate of drug-likeness (QED) is 0.494. The van der Waals surface area contributed by atoms with Crippen LogP contribution in [0.4, 0.5) is 11.4 Å². The summed E-state index contributed by atoms with van der Waals surface area (Å²) in [5.74, 6) is 0.956. The molecule has 0 aromatic heterocycles. The topological polar surface area (TPSA) is 78.0 Å². The molecular formula is C24H31N5O2. The molecule has 2 aromatic rings. The average molecular weight is 422 g/mol. The third kappa shape index (κ3) is 5.55. The van der Waals surface area contributed by atoms with E-state index in [1.807, 2.05) is 18.2 Å². The van der Waals surface area contributed by atoms with Crippen molar-refractivity contribution in [3.63, 3.8) is 0 Å². The molecule has 2 aliphatic heterocycles. The molecule has 2 aliphatic rings. The van der Waals surface area contributed by atoms with Gasteiger partial charge in [0.1, 0.15) is 0 Å². The van der Waals surface area contributed by atoms with Crippen molar-refractivity contribution in [2.24, 2.45) is 4.99 Å². The number of anilines is 2. The number of morpholine rings is 1. The van der Waals surface area contributed by atoms with E-state index in [-0.39, 0.29) is 11.8 Å². The summed E-state index contributed by atoms with van der Waals surface area (Å²) in [6.07, 6.45) is 0.479. The number of amides is 1. The van der Waals surface area contributed by atoms with Crippen LogP contribution in [0.3, 0.4) is 0 Å². The van der Waals surface area contributed by atoms with Gasteiger partial charge in [-0.3, -0.25) is 4.79 Å². The molecule has 0 radical (unpaired) electrons. The number of aliphatic imine (C=N–C) groups is 1. The van der Waals surface area contributed by atoms with E-state index in [4.69, 9.17) is 9.73 Å². The van der Waals surface area contributed by atoms with Gasteiger partial charge in [0.05, 0.1) is 19.8 Å². The van der Waals surface area contributed by atoms with Gasteiger partial charge in [-0.1, -0.05) is 30.3 Å². The van der Waals surface area contributed by atoms with Crippen LogP contribution < -0.4 is 20.9 Å². The highest BCUT2D eigenvalue weighted by molar-refractivity contribution is 5.94. The zero-order valence-corrected chi connectivity index (χ0v) is 18.1. The Morgan fingerprint density at radius 2 is 1.90 bits per heavy atom. The summed E-state index contributed by atoms with van der Waals surface area (Å²) in [6.45, 7) is 7.55. The molecule has 1 fully saturated rings. The highest BCUT2D eigenvalue weighted by atomic mass is 16.5. The van der Waals surface area contributed by atoms with Crippen LogP contribution in [0.25, 0.3) is 0 Å². The lowest BCUT2D eigenvalue weighted by Gasteiger charge is -2.28. The standard InChI is InChI=1S/C24H31N5O2/c1-2-25-24(27-17-19-15-23(30)28-22-6-4-3-5-21(19)22)26-16-18-7-9-20(10-8-18)29-11-13-31-14-12-29/h3-10,19H,2,11-17H2,1H3,(H,28,30)(H2,25,26,27). The summed E-state index contributed by atoms with van der Waals surface area (Å²) in [6, 6.07) is 16.6. The summed E-state index contributed by atoms with van der Waals surface area (Å²) in [7, 11) is 0. The van der Waals surface area contributed by atoms with Gasteiger partial charge in [-0.25, -0.2) is 4.99 Å². The molecule has 2 aromatic carbocycles. The number of hydrogen-bond donors (Lipinski definition) is 3. The normalized spacial score (nSPS) is 18.9. The molecule has 1 amide bonds. The number of rotatable bonds is 6. The number of carbonyl (C=O) groups is 1. The van der Waals surface area contributed by atoms with Gasteiger partial charge in [-0.05, 0) is 36.2 Å². The van der Waals surface area contributed by atoms with Crippen LogP contribution in [0.2, 0.25) is 0 Å². The van der Waals surface area contributed by atoms with E-state index in [1.165, 1.54) is 11.3 Å². The van der Waals surface area contributed by atoms with Crippen LogP contribution >= 0.6 is 0 Å². The Morgan fingerprint density at radius 3 is 2.68 bits per heavy atom. The molecule has 0 saturated carbocycles. The number of para-hydroxylation sites is 1. The second-order valence-corrected chi connectivity index (χ2v) is 7.88. The molecule has 0 bridgehead atoms. The van der Waals surface area contributed by atoms with Crippen molar-refractivity contribution in [1.29, 1.82) is 0 Å². The van der Waals surface area contributed by atoms with Gasteiger partial charge in [-0.15, -0.1) is 0 Å². The van der Waals surface area contributed by atoms with Crippen molar-refractivity contribution < 1.29 is 9.53 Å². The Morgan fingerprint density at radius 1 is 1.13 bits per heavy atom. The zero-order valence-electron chi connectivity index (χ0n) is 18.1. The first-order chi connectivity index (χ1) is 15.2. The first-order valence-electron chi connectivity index (χ1n) is 11.1. The lowest BCUT2D eigenvalue weighted by Crippen LogP contribution is -2.40.